The maximum atomic E-state index is 4.14. The van der Waals surface area contributed by atoms with Crippen LogP contribution in [0.1, 0.15) is 17.2 Å². The third-order valence-electron chi connectivity index (χ3n) is 2.44. The van der Waals surface area contributed by atoms with E-state index in [0.29, 0.717) is 0 Å². The molecule has 0 bridgehead atoms. The Hall–Kier alpha value is -1.67. The lowest BCUT2D eigenvalue weighted by Gasteiger charge is -2.16. The van der Waals surface area contributed by atoms with Crippen molar-refractivity contribution in [2.75, 3.05) is 7.05 Å². The second kappa shape index (κ2) is 4.71. The van der Waals surface area contributed by atoms with E-state index in [1.165, 1.54) is 11.1 Å². The molecule has 2 aromatic rings. The molecule has 0 saturated carbocycles. The summed E-state index contributed by atoms with van der Waals surface area (Å²) in [6.07, 6.45) is 3.69. The monoisotopic (exact) mass is 198 g/mol. The van der Waals surface area contributed by atoms with Crippen molar-refractivity contribution in [1.82, 2.24) is 10.3 Å². The van der Waals surface area contributed by atoms with E-state index in [9.17, 15) is 0 Å². The molecule has 0 fully saturated rings. The van der Waals surface area contributed by atoms with Crippen molar-refractivity contribution < 1.29 is 0 Å². The Morgan fingerprint density at radius 1 is 1.00 bits per heavy atom. The van der Waals surface area contributed by atoms with E-state index in [2.05, 4.69) is 40.6 Å². The zero-order valence-electron chi connectivity index (χ0n) is 8.72. The van der Waals surface area contributed by atoms with Crippen LogP contribution in [-0.2, 0) is 0 Å². The zero-order valence-corrected chi connectivity index (χ0v) is 8.72. The van der Waals surface area contributed by atoms with Crippen LogP contribution in [0.5, 0.6) is 0 Å². The van der Waals surface area contributed by atoms with Gasteiger partial charge in [-0.2, -0.15) is 0 Å². The van der Waals surface area contributed by atoms with Gasteiger partial charge in [0.25, 0.3) is 0 Å². The Bertz CT molecular complexity index is 358. The van der Waals surface area contributed by atoms with Crippen LogP contribution < -0.4 is 5.32 Å². The molecule has 0 aliphatic carbocycles. The number of hydrogen-bond acceptors (Lipinski definition) is 2. The van der Waals surface area contributed by atoms with Crippen LogP contribution in [0.2, 0.25) is 0 Å². The summed E-state index contributed by atoms with van der Waals surface area (Å²) in [6, 6.07) is 14.6. The average Bonchev–Trinajstić information content (AvgIpc) is 2.33. The summed E-state index contributed by atoms with van der Waals surface area (Å²) < 4.78 is 0. The summed E-state index contributed by atoms with van der Waals surface area (Å²) in [5.41, 5.74) is 2.44. The number of hydrogen-bond donors (Lipinski definition) is 1. The molecule has 0 radical (unpaired) electrons. The van der Waals surface area contributed by atoms with Crippen molar-refractivity contribution in [1.29, 1.82) is 0 Å². The van der Waals surface area contributed by atoms with Crippen LogP contribution >= 0.6 is 0 Å². The molecule has 76 valence electrons. The molecule has 1 atom stereocenters. The van der Waals surface area contributed by atoms with Gasteiger partial charge in [0.1, 0.15) is 0 Å². The second-order valence-corrected chi connectivity index (χ2v) is 3.42. The number of nitrogens with zero attached hydrogens (tertiary/aromatic N) is 1. The minimum Gasteiger partial charge on any atom is -0.309 e. The van der Waals surface area contributed by atoms with E-state index in [0.717, 1.165) is 0 Å². The SMILES string of the molecule is CNC(c1ccccc1)c1cccnc1. The molecule has 1 aromatic heterocycles. The first-order valence-corrected chi connectivity index (χ1v) is 5.04. The van der Waals surface area contributed by atoms with Crippen molar-refractivity contribution in [2.24, 2.45) is 0 Å². The molecule has 2 nitrogen and oxygen atoms in total. The normalized spacial score (nSPS) is 12.3. The first-order chi connectivity index (χ1) is 7.42. The first kappa shape index (κ1) is 9.87. The summed E-state index contributed by atoms with van der Waals surface area (Å²) in [6.45, 7) is 0. The lowest BCUT2D eigenvalue weighted by molar-refractivity contribution is 0.689. The molecule has 0 saturated heterocycles. The number of benzene rings is 1. The Morgan fingerprint density at radius 3 is 2.33 bits per heavy atom. The van der Waals surface area contributed by atoms with E-state index in [1.54, 1.807) is 6.20 Å². The Kier molecular flexibility index (Phi) is 3.10. The molecule has 1 N–H and O–H groups in total. The van der Waals surface area contributed by atoms with Crippen LogP contribution in [0.4, 0.5) is 0 Å². The maximum absolute atomic E-state index is 4.14. The van der Waals surface area contributed by atoms with Crippen LogP contribution in [0.25, 0.3) is 0 Å². The summed E-state index contributed by atoms with van der Waals surface area (Å²) in [4.78, 5) is 4.14. The summed E-state index contributed by atoms with van der Waals surface area (Å²) in [7, 11) is 1.96. The van der Waals surface area contributed by atoms with Gasteiger partial charge in [0.15, 0.2) is 0 Å². The number of aromatic nitrogens is 1. The molecule has 1 heterocycles. The predicted molar refractivity (Wildman–Crippen MR) is 61.6 cm³/mol. The number of rotatable bonds is 3. The smallest absolute Gasteiger partial charge is 0.0589 e. The Morgan fingerprint density at radius 2 is 1.73 bits per heavy atom. The van der Waals surface area contributed by atoms with Crippen molar-refractivity contribution in [3.05, 3.63) is 66.0 Å². The molecule has 0 spiro atoms. The van der Waals surface area contributed by atoms with E-state index in [1.807, 2.05) is 25.4 Å². The van der Waals surface area contributed by atoms with Crippen LogP contribution in [0.3, 0.4) is 0 Å². The van der Waals surface area contributed by atoms with Gasteiger partial charge in [-0.25, -0.2) is 0 Å². The minimum absolute atomic E-state index is 0.222. The molecule has 2 heteroatoms. The Balaban J connectivity index is 2.34. The highest BCUT2D eigenvalue weighted by molar-refractivity contribution is 5.29. The zero-order chi connectivity index (χ0) is 10.5. The van der Waals surface area contributed by atoms with Gasteiger partial charge in [-0.15, -0.1) is 0 Å². The van der Waals surface area contributed by atoms with Gasteiger partial charge in [0, 0.05) is 12.4 Å². The van der Waals surface area contributed by atoms with E-state index >= 15 is 0 Å². The van der Waals surface area contributed by atoms with Crippen molar-refractivity contribution in [2.45, 2.75) is 6.04 Å². The third kappa shape index (κ3) is 2.22. The first-order valence-electron chi connectivity index (χ1n) is 5.04. The fourth-order valence-corrected chi connectivity index (χ4v) is 1.72. The molecular formula is C13H14N2. The lowest BCUT2D eigenvalue weighted by atomic mass is 10.0. The van der Waals surface area contributed by atoms with Crippen molar-refractivity contribution in [3.8, 4) is 0 Å². The van der Waals surface area contributed by atoms with Gasteiger partial charge in [-0.3, -0.25) is 4.98 Å². The maximum Gasteiger partial charge on any atom is 0.0589 e. The lowest BCUT2D eigenvalue weighted by Crippen LogP contribution is -2.17. The fourth-order valence-electron chi connectivity index (χ4n) is 1.72. The number of nitrogens with one attached hydrogen (secondary N) is 1. The summed E-state index contributed by atoms with van der Waals surface area (Å²) >= 11 is 0. The highest BCUT2D eigenvalue weighted by atomic mass is 14.9. The van der Waals surface area contributed by atoms with Gasteiger partial charge >= 0.3 is 0 Å². The van der Waals surface area contributed by atoms with Crippen molar-refractivity contribution in [3.63, 3.8) is 0 Å². The molecule has 0 aliphatic rings. The van der Waals surface area contributed by atoms with Crippen LogP contribution in [0, 0.1) is 0 Å². The van der Waals surface area contributed by atoms with Crippen LogP contribution in [0.15, 0.2) is 54.9 Å². The topological polar surface area (TPSA) is 24.9 Å². The number of pyridine rings is 1. The van der Waals surface area contributed by atoms with E-state index < -0.39 is 0 Å². The van der Waals surface area contributed by atoms with E-state index in [-0.39, 0.29) is 6.04 Å². The van der Waals surface area contributed by atoms with E-state index in [4.69, 9.17) is 0 Å². The fraction of sp³-hybridized carbons (Fsp3) is 0.154. The van der Waals surface area contributed by atoms with Gasteiger partial charge in [0.2, 0.25) is 0 Å². The average molecular weight is 198 g/mol. The quantitative estimate of drug-likeness (QED) is 0.819. The molecule has 15 heavy (non-hydrogen) atoms. The standard InChI is InChI=1S/C13H14N2/c1-14-13(11-6-3-2-4-7-11)12-8-5-9-15-10-12/h2-10,13-14H,1H3. The van der Waals surface area contributed by atoms with Crippen molar-refractivity contribution >= 4 is 0 Å². The van der Waals surface area contributed by atoms with Gasteiger partial charge in [-0.05, 0) is 24.2 Å². The van der Waals surface area contributed by atoms with Gasteiger partial charge < -0.3 is 5.32 Å². The molecule has 2 rings (SSSR count). The highest BCUT2D eigenvalue weighted by Crippen LogP contribution is 2.19. The molecule has 0 amide bonds. The predicted octanol–water partition coefficient (Wildman–Crippen LogP) is 2.39. The second-order valence-electron chi connectivity index (χ2n) is 3.42. The minimum atomic E-state index is 0.222. The largest absolute Gasteiger partial charge is 0.309 e. The Labute approximate surface area is 90.0 Å². The van der Waals surface area contributed by atoms with Gasteiger partial charge in [0.05, 0.1) is 6.04 Å². The highest BCUT2D eigenvalue weighted by Gasteiger charge is 2.10. The van der Waals surface area contributed by atoms with Crippen LogP contribution in [-0.4, -0.2) is 12.0 Å². The molecule has 1 aromatic carbocycles. The molecule has 0 aliphatic heterocycles. The summed E-state index contributed by atoms with van der Waals surface area (Å²) in [5.74, 6) is 0. The van der Waals surface area contributed by atoms with Gasteiger partial charge in [-0.1, -0.05) is 36.4 Å². The third-order valence-corrected chi connectivity index (χ3v) is 2.44. The summed E-state index contributed by atoms with van der Waals surface area (Å²) in [5, 5.41) is 3.29. The molecule has 1 unspecified atom stereocenters. The molecular weight excluding hydrogens is 184 g/mol.